The van der Waals surface area contributed by atoms with Gasteiger partial charge in [0.2, 0.25) is 0 Å². The third kappa shape index (κ3) is 5.39. The van der Waals surface area contributed by atoms with Crippen molar-refractivity contribution in [3.05, 3.63) is 65.2 Å². The number of hydrogen-bond donors (Lipinski definition) is 1. The molecule has 26 heavy (non-hydrogen) atoms. The molecule has 0 aliphatic carbocycles. The molecule has 1 N–H and O–H groups in total. The van der Waals surface area contributed by atoms with Gasteiger partial charge in [-0.2, -0.15) is 26.3 Å². The Hall–Kier alpha value is -2.22. The Labute approximate surface area is 146 Å². The molecule has 2 aromatic carbocycles. The number of halogens is 6. The minimum absolute atomic E-state index is 0.0521. The summed E-state index contributed by atoms with van der Waals surface area (Å²) >= 11 is 0. The molecule has 0 amide bonds. The molecule has 142 valence electrons. The lowest BCUT2D eigenvalue weighted by atomic mass is 10.1. The highest BCUT2D eigenvalue weighted by molar-refractivity contribution is 5.50. The summed E-state index contributed by atoms with van der Waals surface area (Å²) in [7, 11) is 0. The highest BCUT2D eigenvalue weighted by Gasteiger charge is 2.39. The van der Waals surface area contributed by atoms with Gasteiger partial charge >= 0.3 is 12.4 Å². The highest BCUT2D eigenvalue weighted by atomic mass is 19.4. The molecule has 0 heterocycles. The number of benzene rings is 2. The number of aryl methyl sites for hydroxylation is 1. The van der Waals surface area contributed by atoms with E-state index in [4.69, 9.17) is 0 Å². The quantitative estimate of drug-likeness (QED) is 0.746. The molecule has 1 unspecified atom stereocenters. The van der Waals surface area contributed by atoms with Gasteiger partial charge in [0.25, 0.3) is 0 Å². The molecule has 0 saturated heterocycles. The van der Waals surface area contributed by atoms with Crippen molar-refractivity contribution >= 4 is 5.69 Å². The smallest absolute Gasteiger partial charge is 0.382 e. The van der Waals surface area contributed by atoms with E-state index in [1.165, 1.54) is 6.07 Å². The van der Waals surface area contributed by atoms with Gasteiger partial charge < -0.3 is 10.0 Å². The van der Waals surface area contributed by atoms with Gasteiger partial charge in [0.05, 0.1) is 12.1 Å². The van der Waals surface area contributed by atoms with Crippen LogP contribution in [0, 0.1) is 6.92 Å². The summed E-state index contributed by atoms with van der Waals surface area (Å²) in [6, 6.07) is 10.9. The Morgan fingerprint density at radius 1 is 0.962 bits per heavy atom. The van der Waals surface area contributed by atoms with E-state index in [-0.39, 0.29) is 12.2 Å². The lowest BCUT2D eigenvalue weighted by molar-refractivity contribution is -0.200. The van der Waals surface area contributed by atoms with Gasteiger partial charge in [-0.1, -0.05) is 35.9 Å². The summed E-state index contributed by atoms with van der Waals surface area (Å²) in [6.07, 6.45) is -12.2. The maximum absolute atomic E-state index is 12.9. The Bertz CT molecular complexity index is 724. The van der Waals surface area contributed by atoms with Gasteiger partial charge in [-0.3, -0.25) is 0 Å². The molecule has 0 radical (unpaired) electrons. The average Bonchev–Trinajstić information content (AvgIpc) is 2.54. The zero-order valence-corrected chi connectivity index (χ0v) is 13.8. The molecule has 2 aromatic rings. The maximum Gasteiger partial charge on any atom is 0.416 e. The fourth-order valence-electron chi connectivity index (χ4n) is 2.37. The molecule has 0 aliphatic rings. The fourth-order valence-corrected chi connectivity index (χ4v) is 2.37. The number of anilines is 1. The van der Waals surface area contributed by atoms with Gasteiger partial charge in [0.15, 0.2) is 6.10 Å². The maximum atomic E-state index is 12.9. The predicted molar refractivity (Wildman–Crippen MR) is 85.7 cm³/mol. The average molecular weight is 377 g/mol. The molecule has 1 atom stereocenters. The van der Waals surface area contributed by atoms with Gasteiger partial charge in [-0.05, 0) is 30.7 Å². The summed E-state index contributed by atoms with van der Waals surface area (Å²) in [5, 5.41) is 9.38. The predicted octanol–water partition coefficient (Wildman–Crippen LogP) is 4.94. The zero-order valence-electron chi connectivity index (χ0n) is 13.8. The molecular weight excluding hydrogens is 360 g/mol. The van der Waals surface area contributed by atoms with Crippen LogP contribution in [0.15, 0.2) is 48.5 Å². The molecule has 8 heteroatoms. The minimum Gasteiger partial charge on any atom is -0.382 e. The summed E-state index contributed by atoms with van der Waals surface area (Å²) in [4.78, 5) is 1.08. The first kappa shape index (κ1) is 20.1. The first-order chi connectivity index (χ1) is 12.0. The Morgan fingerprint density at radius 2 is 1.58 bits per heavy atom. The molecular formula is C18H17F6NO. The third-order valence-corrected chi connectivity index (χ3v) is 3.80. The summed E-state index contributed by atoms with van der Waals surface area (Å²) < 4.78 is 76.9. The standard InChI is InChI=1S/C18H17F6NO/c1-12-5-7-13(8-6-12)10-25(11-16(26)18(22,23)24)15-4-2-3-14(9-15)17(19,20)21/h2-9,16,26H,10-11H2,1H3. The van der Waals surface area contributed by atoms with E-state index in [2.05, 4.69) is 0 Å². The first-order valence-corrected chi connectivity index (χ1v) is 7.69. The van der Waals surface area contributed by atoms with Crippen molar-refractivity contribution in [1.29, 1.82) is 0 Å². The van der Waals surface area contributed by atoms with Crippen LogP contribution in [0.3, 0.4) is 0 Å². The van der Waals surface area contributed by atoms with Crippen LogP contribution in [-0.2, 0) is 12.7 Å². The Kier molecular flexibility index (Phi) is 5.85. The van der Waals surface area contributed by atoms with Gasteiger partial charge in [0.1, 0.15) is 0 Å². The van der Waals surface area contributed by atoms with Gasteiger partial charge in [0, 0.05) is 12.2 Å². The third-order valence-electron chi connectivity index (χ3n) is 3.80. The second-order valence-electron chi connectivity index (χ2n) is 5.97. The highest BCUT2D eigenvalue weighted by Crippen LogP contribution is 2.32. The SMILES string of the molecule is Cc1ccc(CN(CC(O)C(F)(F)F)c2cccc(C(F)(F)F)c2)cc1. The number of nitrogens with zero attached hydrogens (tertiary/aromatic N) is 1. The summed E-state index contributed by atoms with van der Waals surface area (Å²) in [5.74, 6) is 0. The normalized spacial score (nSPS) is 13.5. The number of rotatable bonds is 5. The van der Waals surface area contributed by atoms with E-state index < -0.39 is 30.6 Å². The van der Waals surface area contributed by atoms with Crippen molar-refractivity contribution in [3.63, 3.8) is 0 Å². The molecule has 0 bridgehead atoms. The topological polar surface area (TPSA) is 23.5 Å². The number of aliphatic hydroxyl groups is 1. The van der Waals surface area contributed by atoms with Crippen molar-refractivity contribution in [2.75, 3.05) is 11.4 Å². The summed E-state index contributed by atoms with van der Waals surface area (Å²) in [6.45, 7) is 0.884. The van der Waals surface area contributed by atoms with Crippen molar-refractivity contribution in [1.82, 2.24) is 0 Å². The van der Waals surface area contributed by atoms with Crippen LogP contribution in [0.4, 0.5) is 32.0 Å². The Balaban J connectivity index is 2.35. The van der Waals surface area contributed by atoms with Crippen LogP contribution in [-0.4, -0.2) is 23.9 Å². The van der Waals surface area contributed by atoms with E-state index in [0.29, 0.717) is 5.56 Å². The van der Waals surface area contributed by atoms with E-state index in [0.717, 1.165) is 28.7 Å². The van der Waals surface area contributed by atoms with Crippen LogP contribution >= 0.6 is 0 Å². The molecule has 0 aromatic heterocycles. The lowest BCUT2D eigenvalue weighted by Gasteiger charge is -2.29. The number of aliphatic hydroxyl groups excluding tert-OH is 1. The molecule has 2 rings (SSSR count). The molecule has 0 spiro atoms. The molecule has 0 fully saturated rings. The van der Waals surface area contributed by atoms with E-state index in [9.17, 15) is 31.4 Å². The zero-order chi connectivity index (χ0) is 19.5. The van der Waals surface area contributed by atoms with E-state index in [1.54, 1.807) is 24.3 Å². The van der Waals surface area contributed by atoms with Crippen molar-refractivity contribution in [3.8, 4) is 0 Å². The summed E-state index contributed by atoms with van der Waals surface area (Å²) in [5.41, 5.74) is 0.534. The van der Waals surface area contributed by atoms with Crippen LogP contribution in [0.25, 0.3) is 0 Å². The van der Waals surface area contributed by atoms with Gasteiger partial charge in [-0.15, -0.1) is 0 Å². The monoisotopic (exact) mass is 377 g/mol. The minimum atomic E-state index is -4.87. The molecule has 0 aliphatic heterocycles. The lowest BCUT2D eigenvalue weighted by Crippen LogP contribution is -2.41. The first-order valence-electron chi connectivity index (χ1n) is 7.69. The second kappa shape index (κ2) is 7.57. The van der Waals surface area contributed by atoms with Crippen molar-refractivity contribution in [2.24, 2.45) is 0 Å². The van der Waals surface area contributed by atoms with Crippen LogP contribution in [0.2, 0.25) is 0 Å². The van der Waals surface area contributed by atoms with Crippen LogP contribution in [0.1, 0.15) is 16.7 Å². The van der Waals surface area contributed by atoms with E-state index >= 15 is 0 Å². The number of alkyl halides is 6. The van der Waals surface area contributed by atoms with Crippen LogP contribution in [0.5, 0.6) is 0 Å². The molecule has 2 nitrogen and oxygen atoms in total. The Morgan fingerprint density at radius 3 is 2.12 bits per heavy atom. The van der Waals surface area contributed by atoms with E-state index in [1.807, 2.05) is 6.92 Å². The fraction of sp³-hybridized carbons (Fsp3) is 0.333. The van der Waals surface area contributed by atoms with Gasteiger partial charge in [-0.25, -0.2) is 0 Å². The molecule has 0 saturated carbocycles. The van der Waals surface area contributed by atoms with Crippen LogP contribution < -0.4 is 4.90 Å². The second-order valence-corrected chi connectivity index (χ2v) is 5.97. The van der Waals surface area contributed by atoms with Crippen molar-refractivity contribution in [2.45, 2.75) is 31.9 Å². The van der Waals surface area contributed by atoms with Crippen molar-refractivity contribution < 1.29 is 31.4 Å². The largest absolute Gasteiger partial charge is 0.416 e. The number of hydrogen-bond acceptors (Lipinski definition) is 2.